The van der Waals surface area contributed by atoms with E-state index in [1.54, 1.807) is 12.1 Å². The summed E-state index contributed by atoms with van der Waals surface area (Å²) in [6, 6.07) is 26.1. The molecule has 0 saturated carbocycles. The van der Waals surface area contributed by atoms with Gasteiger partial charge in [-0.05, 0) is 121 Å². The van der Waals surface area contributed by atoms with Crippen molar-refractivity contribution in [3.8, 4) is 22.4 Å². The van der Waals surface area contributed by atoms with Gasteiger partial charge in [0.25, 0.3) is 20.2 Å². The Labute approximate surface area is 376 Å². The van der Waals surface area contributed by atoms with E-state index in [-0.39, 0.29) is 51.3 Å². The Balaban J connectivity index is 1.94. The normalized spacial score (nSPS) is 14.2. The monoisotopic (exact) mass is 901 g/mol. The Morgan fingerprint density at radius 2 is 1.15 bits per heavy atom. The van der Waals surface area contributed by atoms with Gasteiger partial charge in [0.2, 0.25) is 0 Å². The highest BCUT2D eigenvalue weighted by Gasteiger charge is 2.45. The summed E-state index contributed by atoms with van der Waals surface area (Å²) in [6.45, 7) is 37.8. The van der Waals surface area contributed by atoms with Crippen LogP contribution in [-0.2, 0) is 24.6 Å². The first-order valence-corrected chi connectivity index (χ1v) is 31.2. The third-order valence-electron chi connectivity index (χ3n) is 13.6. The maximum absolute atomic E-state index is 14.8. The molecule has 0 aliphatic heterocycles. The SMILES string of the molecule is CC(C)c1c(C(=O)Nc2ccccc2)c(-c2ccccc2)c(-c2ccc(F)cc2)n1CC[C@H](C[C@H](CC(=O)O[Si](C)(C)C(C)(C)C)O[Si](C)(C)C(C)(C)C)O[Si](C)(C)C(C)(C)C. The molecule has 0 bridgehead atoms. The quantitative estimate of drug-likeness (QED) is 0.107. The van der Waals surface area contributed by atoms with Gasteiger partial charge in [-0.15, -0.1) is 0 Å². The molecule has 3 aromatic carbocycles. The number of amides is 1. The van der Waals surface area contributed by atoms with Gasteiger partial charge in [-0.2, -0.15) is 0 Å². The van der Waals surface area contributed by atoms with E-state index in [4.69, 9.17) is 13.3 Å². The smallest absolute Gasteiger partial charge is 0.295 e. The fraction of sp³-hybridized carbons (Fsp3) is 0.529. The summed E-state index contributed by atoms with van der Waals surface area (Å²) in [6.07, 6.45) is 0.498. The summed E-state index contributed by atoms with van der Waals surface area (Å²) in [5.41, 5.74) is 5.51. The molecule has 1 N–H and O–H groups in total. The first kappa shape index (κ1) is 51.0. The van der Waals surface area contributed by atoms with Crippen LogP contribution in [0.15, 0.2) is 84.9 Å². The molecule has 62 heavy (non-hydrogen) atoms. The van der Waals surface area contributed by atoms with E-state index in [1.165, 1.54) is 12.1 Å². The zero-order valence-electron chi connectivity index (χ0n) is 41.0. The van der Waals surface area contributed by atoms with E-state index in [0.29, 0.717) is 30.6 Å². The average molecular weight is 901 g/mol. The number of rotatable bonds is 17. The van der Waals surface area contributed by atoms with Crippen molar-refractivity contribution >= 4 is 42.5 Å². The fourth-order valence-electron chi connectivity index (χ4n) is 7.02. The zero-order chi connectivity index (χ0) is 46.6. The Kier molecular flexibility index (Phi) is 16.2. The summed E-state index contributed by atoms with van der Waals surface area (Å²) >= 11 is 0. The lowest BCUT2D eigenvalue weighted by atomic mass is 9.94. The molecule has 0 unspecified atom stereocenters. The molecule has 1 aromatic heterocycles. The van der Waals surface area contributed by atoms with Crippen LogP contribution in [-0.4, -0.2) is 53.6 Å². The second-order valence-corrected chi connectivity index (χ2v) is 36.2. The number of hydrogen-bond acceptors (Lipinski definition) is 5. The lowest BCUT2D eigenvalue weighted by Crippen LogP contribution is -2.48. The van der Waals surface area contributed by atoms with Gasteiger partial charge in [0.15, 0.2) is 16.6 Å². The molecule has 1 amide bonds. The molecule has 0 saturated heterocycles. The van der Waals surface area contributed by atoms with Crippen LogP contribution in [0.4, 0.5) is 10.1 Å². The predicted molar refractivity (Wildman–Crippen MR) is 265 cm³/mol. The number of carbonyl (C=O) groups excluding carboxylic acids is 2. The van der Waals surface area contributed by atoms with Gasteiger partial charge in [-0.25, -0.2) is 4.39 Å². The summed E-state index contributed by atoms with van der Waals surface area (Å²) < 4.78 is 37.9. The van der Waals surface area contributed by atoms with E-state index in [9.17, 15) is 14.0 Å². The third kappa shape index (κ3) is 12.6. The van der Waals surface area contributed by atoms with Crippen LogP contribution in [0.5, 0.6) is 0 Å². The Hall–Kier alpha value is -3.62. The van der Waals surface area contributed by atoms with Gasteiger partial charge in [-0.1, -0.05) is 125 Å². The number of nitrogens with one attached hydrogen (secondary N) is 1. The van der Waals surface area contributed by atoms with E-state index in [2.05, 4.69) is 125 Å². The lowest BCUT2D eigenvalue weighted by Gasteiger charge is -2.43. The van der Waals surface area contributed by atoms with Crippen molar-refractivity contribution < 1.29 is 27.3 Å². The van der Waals surface area contributed by atoms with Crippen molar-refractivity contribution in [2.24, 2.45) is 0 Å². The highest BCUT2D eigenvalue weighted by atomic mass is 28.4. The molecule has 340 valence electrons. The number of hydrogen-bond donors (Lipinski definition) is 1. The number of halogens is 1. The van der Waals surface area contributed by atoms with Gasteiger partial charge in [0, 0.05) is 29.6 Å². The Bertz CT molecular complexity index is 2110. The third-order valence-corrected chi connectivity index (χ3v) is 27.0. The number of anilines is 1. The highest BCUT2D eigenvalue weighted by molar-refractivity contribution is 6.75. The Morgan fingerprint density at radius 1 is 0.661 bits per heavy atom. The minimum Gasteiger partial charge on any atom is -0.519 e. The van der Waals surface area contributed by atoms with Crippen molar-refractivity contribution in [3.63, 3.8) is 0 Å². The van der Waals surface area contributed by atoms with Gasteiger partial charge >= 0.3 is 0 Å². The zero-order valence-corrected chi connectivity index (χ0v) is 44.0. The molecule has 0 radical (unpaired) electrons. The van der Waals surface area contributed by atoms with Crippen molar-refractivity contribution in [1.82, 2.24) is 4.57 Å². The molecule has 7 nitrogen and oxygen atoms in total. The second-order valence-electron chi connectivity index (χ2n) is 21.9. The number of nitrogens with zero attached hydrogens (tertiary/aromatic N) is 1. The van der Waals surface area contributed by atoms with Crippen molar-refractivity contribution in [2.45, 2.75) is 174 Å². The fourth-order valence-corrected chi connectivity index (χ4v) is 10.8. The van der Waals surface area contributed by atoms with Crippen molar-refractivity contribution in [1.29, 1.82) is 0 Å². The first-order valence-electron chi connectivity index (χ1n) is 22.5. The highest BCUT2D eigenvalue weighted by Crippen LogP contribution is 2.45. The molecule has 0 spiro atoms. The maximum Gasteiger partial charge on any atom is 0.295 e. The lowest BCUT2D eigenvalue weighted by molar-refractivity contribution is -0.137. The predicted octanol–water partition coefficient (Wildman–Crippen LogP) is 14.8. The number of carbonyl (C=O) groups is 2. The first-order chi connectivity index (χ1) is 28.5. The molecule has 1 heterocycles. The van der Waals surface area contributed by atoms with E-state index < -0.39 is 31.1 Å². The van der Waals surface area contributed by atoms with Crippen LogP contribution >= 0.6 is 0 Å². The summed E-state index contributed by atoms with van der Waals surface area (Å²) in [5.74, 6) is -0.832. The number of benzene rings is 3. The van der Waals surface area contributed by atoms with Gasteiger partial charge in [0.05, 0.1) is 23.8 Å². The molecule has 0 fully saturated rings. The van der Waals surface area contributed by atoms with Crippen LogP contribution in [0.1, 0.15) is 117 Å². The minimum absolute atomic E-state index is 0.0669. The van der Waals surface area contributed by atoms with Gasteiger partial charge in [0.1, 0.15) is 5.82 Å². The molecule has 2 atom stereocenters. The molecular weight excluding hydrogens is 824 g/mol. The van der Waals surface area contributed by atoms with Crippen LogP contribution < -0.4 is 5.32 Å². The molecule has 4 aromatic rings. The molecule has 11 heteroatoms. The van der Waals surface area contributed by atoms with Crippen LogP contribution in [0.3, 0.4) is 0 Å². The van der Waals surface area contributed by atoms with Gasteiger partial charge in [-0.3, -0.25) is 9.59 Å². The Morgan fingerprint density at radius 3 is 1.63 bits per heavy atom. The van der Waals surface area contributed by atoms with E-state index in [1.807, 2.05) is 60.7 Å². The van der Waals surface area contributed by atoms with Crippen LogP contribution in [0, 0.1) is 5.82 Å². The average Bonchev–Trinajstić information content (AvgIpc) is 3.48. The van der Waals surface area contributed by atoms with Crippen molar-refractivity contribution in [2.75, 3.05) is 5.32 Å². The molecule has 4 rings (SSSR count). The van der Waals surface area contributed by atoms with E-state index in [0.717, 1.165) is 28.1 Å². The van der Waals surface area contributed by atoms with Crippen LogP contribution in [0.2, 0.25) is 54.4 Å². The standard InChI is InChI=1S/C51H77FN2O5Si3/c1-36(2)46-45(48(56)53-40-26-22-19-23-27-40)44(37-24-20-18-21-25-37)47(38-28-30-39(52)31-29-38)54(46)33-32-41(57-60(12,13)49(3,4)5)34-42(58-61(14,15)50(6,7)8)35-43(55)59-62(16,17)51(9,10)11/h18-31,36,41-42H,32-35H2,1-17H3,(H,53,56)/t41-,42-/m1/s1. The maximum atomic E-state index is 14.8. The van der Waals surface area contributed by atoms with Gasteiger partial charge < -0.3 is 23.2 Å². The number of para-hydroxylation sites is 1. The second kappa shape index (κ2) is 19.6. The topological polar surface area (TPSA) is 78.8 Å². The number of aromatic nitrogens is 1. The summed E-state index contributed by atoms with van der Waals surface area (Å²) in [4.78, 5) is 28.8. The van der Waals surface area contributed by atoms with E-state index >= 15 is 0 Å². The molecule has 0 aliphatic rings. The molecular formula is C51H77FN2O5Si3. The van der Waals surface area contributed by atoms with Crippen LogP contribution in [0.25, 0.3) is 22.4 Å². The largest absolute Gasteiger partial charge is 0.519 e. The minimum atomic E-state index is -2.39. The summed E-state index contributed by atoms with van der Waals surface area (Å²) in [7, 11) is -7.14. The molecule has 0 aliphatic carbocycles. The van der Waals surface area contributed by atoms with Crippen molar-refractivity contribution in [3.05, 3.63) is 102 Å². The summed E-state index contributed by atoms with van der Waals surface area (Å²) in [5, 5.41) is 2.90.